The molecule has 2 nitrogen and oxygen atoms in total. The molecule has 0 saturated carbocycles. The summed E-state index contributed by atoms with van der Waals surface area (Å²) < 4.78 is 13.1. The Hall–Kier alpha value is -1.29. The van der Waals surface area contributed by atoms with Gasteiger partial charge in [0.15, 0.2) is 0 Å². The second-order valence-electron chi connectivity index (χ2n) is 4.03. The van der Waals surface area contributed by atoms with Crippen LogP contribution in [0.4, 0.5) is 10.1 Å². The van der Waals surface area contributed by atoms with Crippen molar-refractivity contribution >= 4 is 28.9 Å². The molecule has 0 aliphatic carbocycles. The third kappa shape index (κ3) is 3.38. The Labute approximate surface area is 120 Å². The predicted octanol–water partition coefficient (Wildman–Crippen LogP) is 4.28. The molecule has 5 heteroatoms. The molecule has 2 N–H and O–H groups in total. The molecule has 1 unspecified atom stereocenters. The van der Waals surface area contributed by atoms with Gasteiger partial charge < -0.3 is 10.4 Å². The minimum absolute atomic E-state index is 0.0249. The first-order valence-electron chi connectivity index (χ1n) is 5.68. The number of hydrogen-bond donors (Lipinski definition) is 2. The van der Waals surface area contributed by atoms with E-state index >= 15 is 0 Å². The van der Waals surface area contributed by atoms with E-state index in [1.807, 2.05) is 12.1 Å². The van der Waals surface area contributed by atoms with Crippen LogP contribution in [-0.4, -0.2) is 11.7 Å². The molecular weight excluding hydrogens is 288 g/mol. The number of aliphatic hydroxyl groups excluding tert-OH is 1. The molecule has 0 aromatic heterocycles. The summed E-state index contributed by atoms with van der Waals surface area (Å²) in [7, 11) is 0. The van der Waals surface area contributed by atoms with Crippen LogP contribution in [0.15, 0.2) is 42.5 Å². The molecule has 0 aliphatic heterocycles. The Bertz CT molecular complexity index is 577. The molecule has 0 fully saturated rings. The van der Waals surface area contributed by atoms with E-state index in [-0.39, 0.29) is 11.6 Å². The van der Waals surface area contributed by atoms with Crippen LogP contribution in [-0.2, 0) is 0 Å². The molecule has 1 atom stereocenters. The van der Waals surface area contributed by atoms with Crippen LogP contribution >= 0.6 is 23.2 Å². The van der Waals surface area contributed by atoms with Crippen LogP contribution in [0.2, 0.25) is 10.0 Å². The Morgan fingerprint density at radius 3 is 2.47 bits per heavy atom. The lowest BCUT2D eigenvalue weighted by Crippen LogP contribution is -2.15. The van der Waals surface area contributed by atoms with Crippen LogP contribution in [0.3, 0.4) is 0 Å². The zero-order valence-electron chi connectivity index (χ0n) is 9.91. The summed E-state index contributed by atoms with van der Waals surface area (Å²) in [5.74, 6) is -0.486. The minimum Gasteiger partial charge on any atom is -0.394 e. The van der Waals surface area contributed by atoms with Gasteiger partial charge in [-0.05, 0) is 29.8 Å². The van der Waals surface area contributed by atoms with Gasteiger partial charge in [0.05, 0.1) is 28.4 Å². The third-order valence-electron chi connectivity index (χ3n) is 2.73. The Balaban J connectivity index is 2.25. The summed E-state index contributed by atoms with van der Waals surface area (Å²) in [5.41, 5.74) is 1.39. The van der Waals surface area contributed by atoms with Crippen molar-refractivity contribution in [2.45, 2.75) is 6.04 Å². The van der Waals surface area contributed by atoms with Crippen LogP contribution in [0.25, 0.3) is 0 Å². The molecule has 19 heavy (non-hydrogen) atoms. The van der Waals surface area contributed by atoms with E-state index in [2.05, 4.69) is 5.32 Å². The highest BCUT2D eigenvalue weighted by Gasteiger charge is 2.13. The molecule has 0 aliphatic rings. The maximum absolute atomic E-state index is 13.1. The van der Waals surface area contributed by atoms with Crippen LogP contribution in [0, 0.1) is 5.82 Å². The van der Waals surface area contributed by atoms with Gasteiger partial charge >= 0.3 is 0 Å². The van der Waals surface area contributed by atoms with Gasteiger partial charge in [0.25, 0.3) is 0 Å². The van der Waals surface area contributed by atoms with Gasteiger partial charge in [-0.3, -0.25) is 0 Å². The van der Waals surface area contributed by atoms with Crippen molar-refractivity contribution in [1.29, 1.82) is 0 Å². The monoisotopic (exact) mass is 299 g/mol. The summed E-state index contributed by atoms with van der Waals surface area (Å²) >= 11 is 11.8. The van der Waals surface area contributed by atoms with Crippen molar-refractivity contribution in [3.8, 4) is 0 Å². The lowest BCUT2D eigenvalue weighted by molar-refractivity contribution is 0.276. The third-order valence-corrected chi connectivity index (χ3v) is 3.35. The highest BCUT2D eigenvalue weighted by molar-refractivity contribution is 6.33. The zero-order chi connectivity index (χ0) is 13.8. The topological polar surface area (TPSA) is 32.3 Å². The van der Waals surface area contributed by atoms with E-state index in [4.69, 9.17) is 23.2 Å². The van der Waals surface area contributed by atoms with Crippen LogP contribution < -0.4 is 5.32 Å². The zero-order valence-corrected chi connectivity index (χ0v) is 11.4. The van der Waals surface area contributed by atoms with Crippen molar-refractivity contribution in [2.24, 2.45) is 0 Å². The molecule has 100 valence electrons. The Morgan fingerprint density at radius 1 is 1.11 bits per heavy atom. The fourth-order valence-electron chi connectivity index (χ4n) is 1.73. The molecular formula is C14H12Cl2FNO. The molecule has 0 amide bonds. The maximum Gasteiger partial charge on any atom is 0.141 e. The van der Waals surface area contributed by atoms with E-state index in [1.165, 1.54) is 12.1 Å². The maximum atomic E-state index is 13.1. The molecule has 2 aromatic carbocycles. The average molecular weight is 300 g/mol. The normalized spacial score (nSPS) is 12.2. The molecule has 0 bridgehead atoms. The van der Waals surface area contributed by atoms with Crippen molar-refractivity contribution in [3.63, 3.8) is 0 Å². The molecule has 2 aromatic rings. The largest absolute Gasteiger partial charge is 0.394 e. The number of anilines is 1. The molecule has 0 radical (unpaired) electrons. The number of benzene rings is 2. The van der Waals surface area contributed by atoms with Crippen LogP contribution in [0.5, 0.6) is 0 Å². The summed E-state index contributed by atoms with van der Waals surface area (Å²) in [6, 6.07) is 11.1. The van der Waals surface area contributed by atoms with Crippen molar-refractivity contribution < 1.29 is 9.50 Å². The van der Waals surface area contributed by atoms with E-state index < -0.39 is 11.9 Å². The number of hydrogen-bond acceptors (Lipinski definition) is 2. The number of halogens is 3. The van der Waals surface area contributed by atoms with E-state index in [0.717, 1.165) is 0 Å². The molecule has 0 saturated heterocycles. The van der Waals surface area contributed by atoms with Crippen molar-refractivity contribution in [3.05, 3.63) is 63.9 Å². The summed E-state index contributed by atoms with van der Waals surface area (Å²) in [6.45, 7) is -0.160. The summed E-state index contributed by atoms with van der Waals surface area (Å²) in [6.07, 6.45) is 0. The fourth-order valence-corrected chi connectivity index (χ4v) is 2.11. The van der Waals surface area contributed by atoms with Gasteiger partial charge in [-0.1, -0.05) is 41.4 Å². The van der Waals surface area contributed by atoms with Gasteiger partial charge in [0.2, 0.25) is 0 Å². The lowest BCUT2D eigenvalue weighted by Gasteiger charge is -2.19. The molecule has 0 heterocycles. The lowest BCUT2D eigenvalue weighted by atomic mass is 10.1. The Kier molecular flexibility index (Phi) is 4.64. The van der Waals surface area contributed by atoms with Gasteiger partial charge in [-0.15, -0.1) is 0 Å². The number of aliphatic hydroxyl groups is 1. The van der Waals surface area contributed by atoms with E-state index in [1.54, 1.807) is 18.2 Å². The quantitative estimate of drug-likeness (QED) is 0.883. The first kappa shape index (κ1) is 14.1. The van der Waals surface area contributed by atoms with Crippen molar-refractivity contribution in [1.82, 2.24) is 0 Å². The second-order valence-corrected chi connectivity index (χ2v) is 4.85. The minimum atomic E-state index is -0.486. The highest BCUT2D eigenvalue weighted by Crippen LogP contribution is 2.27. The summed E-state index contributed by atoms with van der Waals surface area (Å²) in [4.78, 5) is 0. The van der Waals surface area contributed by atoms with Gasteiger partial charge in [-0.2, -0.15) is 0 Å². The van der Waals surface area contributed by atoms with Crippen molar-refractivity contribution in [2.75, 3.05) is 11.9 Å². The number of rotatable bonds is 4. The van der Waals surface area contributed by atoms with Gasteiger partial charge in [-0.25, -0.2) is 4.39 Å². The van der Waals surface area contributed by atoms with E-state index in [0.29, 0.717) is 16.3 Å². The average Bonchev–Trinajstić information content (AvgIpc) is 2.41. The highest BCUT2D eigenvalue weighted by atomic mass is 35.5. The van der Waals surface area contributed by atoms with Gasteiger partial charge in [0.1, 0.15) is 5.82 Å². The first-order valence-corrected chi connectivity index (χ1v) is 6.44. The number of para-hydroxylation sites is 1. The summed E-state index contributed by atoms with van der Waals surface area (Å²) in [5, 5.41) is 13.1. The number of nitrogens with one attached hydrogen (secondary N) is 1. The first-order chi connectivity index (χ1) is 9.11. The standard InChI is InChI=1S/C14H12Cl2FNO/c15-10-3-1-2-4-13(10)18-14(8-19)9-5-6-12(17)11(16)7-9/h1-7,14,18-19H,8H2. The van der Waals surface area contributed by atoms with E-state index in [9.17, 15) is 9.50 Å². The smallest absolute Gasteiger partial charge is 0.141 e. The molecule has 2 rings (SSSR count). The molecule has 0 spiro atoms. The SMILES string of the molecule is OCC(Nc1ccccc1Cl)c1ccc(F)c(Cl)c1. The van der Waals surface area contributed by atoms with Gasteiger partial charge in [0, 0.05) is 0 Å². The predicted molar refractivity (Wildman–Crippen MR) is 76.3 cm³/mol. The van der Waals surface area contributed by atoms with Crippen LogP contribution in [0.1, 0.15) is 11.6 Å². The fraction of sp³-hybridized carbons (Fsp3) is 0.143. The Morgan fingerprint density at radius 2 is 1.84 bits per heavy atom. The second kappa shape index (κ2) is 6.24.